The van der Waals surface area contributed by atoms with Crippen molar-refractivity contribution in [1.29, 1.82) is 0 Å². The molecule has 0 saturated carbocycles. The minimum atomic E-state index is -0.593. The van der Waals surface area contributed by atoms with Crippen LogP contribution in [-0.4, -0.2) is 17.3 Å². The molecular formula is C11H9BrF2OS. The molecule has 0 bridgehead atoms. The first kappa shape index (κ1) is 12.0. The predicted octanol–water partition coefficient (Wildman–Crippen LogP) is 3.20. The van der Waals surface area contributed by atoms with Gasteiger partial charge in [0, 0.05) is 17.2 Å². The van der Waals surface area contributed by atoms with Crippen LogP contribution in [0.2, 0.25) is 0 Å². The molecule has 1 aromatic carbocycles. The lowest BCUT2D eigenvalue weighted by atomic mass is 9.97. The molecule has 1 nitrogen and oxygen atoms in total. The molecule has 2 rings (SSSR count). The zero-order valence-electron chi connectivity index (χ0n) is 8.30. The van der Waals surface area contributed by atoms with E-state index < -0.39 is 11.6 Å². The number of hydrogen-bond donors (Lipinski definition) is 0. The molecule has 0 spiro atoms. The van der Waals surface area contributed by atoms with E-state index in [1.54, 1.807) is 0 Å². The fraction of sp³-hybridized carbons (Fsp3) is 0.364. The first-order valence-corrected chi connectivity index (χ1v) is 6.77. The predicted molar refractivity (Wildman–Crippen MR) is 63.6 cm³/mol. The molecule has 0 amide bonds. The Bertz CT molecular complexity index is 436. The summed E-state index contributed by atoms with van der Waals surface area (Å²) < 4.78 is 27.3. The molecule has 1 heterocycles. The summed E-state index contributed by atoms with van der Waals surface area (Å²) in [6, 6.07) is 2.55. The highest BCUT2D eigenvalue weighted by atomic mass is 79.9. The SMILES string of the molecule is O=C1CSCC1Cc1c(F)ccc(Br)c1F. The van der Waals surface area contributed by atoms with Gasteiger partial charge in [-0.3, -0.25) is 4.79 Å². The van der Waals surface area contributed by atoms with Gasteiger partial charge >= 0.3 is 0 Å². The standard InChI is InChI=1S/C11H9BrF2OS/c12-8-1-2-9(13)7(11(8)14)3-6-4-16-5-10(6)15/h1-2,6H,3-5H2. The van der Waals surface area contributed by atoms with Crippen LogP contribution in [0.5, 0.6) is 0 Å². The second-order valence-electron chi connectivity index (χ2n) is 3.70. The van der Waals surface area contributed by atoms with Crippen molar-refractivity contribution in [3.05, 3.63) is 33.8 Å². The minimum Gasteiger partial charge on any atom is -0.298 e. The van der Waals surface area contributed by atoms with Crippen LogP contribution in [0.3, 0.4) is 0 Å². The van der Waals surface area contributed by atoms with Gasteiger partial charge in [-0.25, -0.2) is 8.78 Å². The highest BCUT2D eigenvalue weighted by molar-refractivity contribution is 9.10. The Hall–Kier alpha value is -0.420. The lowest BCUT2D eigenvalue weighted by molar-refractivity contribution is -0.119. The van der Waals surface area contributed by atoms with Crippen LogP contribution in [0.4, 0.5) is 8.78 Å². The zero-order chi connectivity index (χ0) is 11.7. The maximum Gasteiger partial charge on any atom is 0.146 e. The van der Waals surface area contributed by atoms with Crippen LogP contribution in [0.25, 0.3) is 0 Å². The number of halogens is 3. The van der Waals surface area contributed by atoms with Gasteiger partial charge in [-0.15, -0.1) is 0 Å². The molecule has 1 aliphatic rings. The third-order valence-electron chi connectivity index (χ3n) is 2.61. The molecule has 0 N–H and O–H groups in total. The number of ketones is 1. The van der Waals surface area contributed by atoms with Crippen LogP contribution < -0.4 is 0 Å². The molecule has 1 fully saturated rings. The Balaban J connectivity index is 2.27. The minimum absolute atomic E-state index is 0.00947. The van der Waals surface area contributed by atoms with Gasteiger partial charge < -0.3 is 0 Å². The lowest BCUT2D eigenvalue weighted by Crippen LogP contribution is -2.16. The van der Waals surface area contributed by atoms with Gasteiger partial charge in [0.25, 0.3) is 0 Å². The lowest BCUT2D eigenvalue weighted by Gasteiger charge is -2.10. The fourth-order valence-corrected chi connectivity index (χ4v) is 3.20. The molecule has 0 aliphatic carbocycles. The molecule has 5 heteroatoms. The number of benzene rings is 1. The van der Waals surface area contributed by atoms with Gasteiger partial charge in [0.2, 0.25) is 0 Å². The molecule has 1 aliphatic heterocycles. The van der Waals surface area contributed by atoms with E-state index in [1.807, 2.05) is 0 Å². The topological polar surface area (TPSA) is 17.1 Å². The average molecular weight is 307 g/mol. The van der Waals surface area contributed by atoms with Gasteiger partial charge in [0.15, 0.2) is 0 Å². The Labute approximate surface area is 105 Å². The number of hydrogen-bond acceptors (Lipinski definition) is 2. The Kier molecular flexibility index (Phi) is 3.64. The van der Waals surface area contributed by atoms with Crippen molar-refractivity contribution in [3.8, 4) is 0 Å². The van der Waals surface area contributed by atoms with Crippen molar-refractivity contribution >= 4 is 33.5 Å². The summed E-state index contributed by atoms with van der Waals surface area (Å²) in [7, 11) is 0. The normalized spacial score (nSPS) is 20.4. The number of carbonyl (C=O) groups excluding carboxylic acids is 1. The summed E-state index contributed by atoms with van der Waals surface area (Å²) in [5, 5.41) is 0. The molecule has 1 atom stereocenters. The van der Waals surface area contributed by atoms with Gasteiger partial charge in [-0.1, -0.05) is 0 Å². The molecular weight excluding hydrogens is 298 g/mol. The van der Waals surface area contributed by atoms with Gasteiger partial charge in [0.1, 0.15) is 17.4 Å². The van der Waals surface area contributed by atoms with Crippen molar-refractivity contribution in [2.24, 2.45) is 5.92 Å². The summed E-state index contributed by atoms with van der Waals surface area (Å²) in [6.07, 6.45) is 0.156. The van der Waals surface area contributed by atoms with E-state index in [4.69, 9.17) is 0 Å². The zero-order valence-corrected chi connectivity index (χ0v) is 10.7. The van der Waals surface area contributed by atoms with Gasteiger partial charge in [0.05, 0.1) is 10.2 Å². The van der Waals surface area contributed by atoms with Crippen LogP contribution in [0.1, 0.15) is 5.56 Å². The van der Waals surface area contributed by atoms with Crippen LogP contribution in [-0.2, 0) is 11.2 Å². The second-order valence-corrected chi connectivity index (χ2v) is 5.59. The van der Waals surface area contributed by atoms with E-state index in [-0.39, 0.29) is 28.2 Å². The third kappa shape index (κ3) is 2.30. The molecule has 1 aromatic rings. The van der Waals surface area contributed by atoms with E-state index in [0.29, 0.717) is 11.5 Å². The maximum absolute atomic E-state index is 13.6. The quantitative estimate of drug-likeness (QED) is 0.781. The molecule has 16 heavy (non-hydrogen) atoms. The van der Waals surface area contributed by atoms with Crippen molar-refractivity contribution in [1.82, 2.24) is 0 Å². The number of carbonyl (C=O) groups is 1. The second kappa shape index (κ2) is 4.84. The first-order chi connectivity index (χ1) is 7.59. The van der Waals surface area contributed by atoms with Crippen molar-refractivity contribution < 1.29 is 13.6 Å². The molecule has 1 saturated heterocycles. The third-order valence-corrected chi connectivity index (χ3v) is 4.35. The maximum atomic E-state index is 13.6. The highest BCUT2D eigenvalue weighted by Crippen LogP contribution is 2.28. The van der Waals surface area contributed by atoms with Crippen molar-refractivity contribution in [2.45, 2.75) is 6.42 Å². The highest BCUT2D eigenvalue weighted by Gasteiger charge is 2.27. The van der Waals surface area contributed by atoms with Gasteiger partial charge in [-0.2, -0.15) is 11.8 Å². The van der Waals surface area contributed by atoms with E-state index in [1.165, 1.54) is 23.9 Å². The largest absolute Gasteiger partial charge is 0.298 e. The molecule has 0 radical (unpaired) electrons. The summed E-state index contributed by atoms with van der Waals surface area (Å²) in [6.45, 7) is 0. The van der Waals surface area contributed by atoms with E-state index in [9.17, 15) is 13.6 Å². The fourth-order valence-electron chi connectivity index (χ4n) is 1.69. The molecule has 86 valence electrons. The summed E-state index contributed by atoms with van der Waals surface area (Å²) in [5.41, 5.74) is 0.00947. The summed E-state index contributed by atoms with van der Waals surface area (Å²) in [4.78, 5) is 11.4. The van der Waals surface area contributed by atoms with Gasteiger partial charge in [-0.05, 0) is 34.5 Å². The van der Waals surface area contributed by atoms with E-state index in [2.05, 4.69) is 15.9 Å². The Morgan fingerprint density at radius 2 is 2.19 bits per heavy atom. The monoisotopic (exact) mass is 306 g/mol. The summed E-state index contributed by atoms with van der Waals surface area (Å²) in [5.74, 6) is -0.214. The smallest absolute Gasteiger partial charge is 0.146 e. The van der Waals surface area contributed by atoms with Crippen molar-refractivity contribution in [3.63, 3.8) is 0 Å². The Morgan fingerprint density at radius 1 is 1.44 bits per heavy atom. The van der Waals surface area contributed by atoms with E-state index >= 15 is 0 Å². The number of rotatable bonds is 2. The van der Waals surface area contributed by atoms with E-state index in [0.717, 1.165) is 0 Å². The van der Waals surface area contributed by atoms with Crippen LogP contribution in [0, 0.1) is 17.6 Å². The molecule has 1 unspecified atom stereocenters. The number of Topliss-reactive ketones (excluding diaryl/α,β-unsaturated/α-hetero) is 1. The summed E-state index contributed by atoms with van der Waals surface area (Å²) >= 11 is 4.53. The number of thioether (sulfide) groups is 1. The van der Waals surface area contributed by atoms with Crippen molar-refractivity contribution in [2.75, 3.05) is 11.5 Å². The first-order valence-electron chi connectivity index (χ1n) is 4.82. The van der Waals surface area contributed by atoms with Crippen LogP contribution in [0.15, 0.2) is 16.6 Å². The molecule has 0 aromatic heterocycles. The average Bonchev–Trinajstić information content (AvgIpc) is 2.65. The Morgan fingerprint density at radius 3 is 2.81 bits per heavy atom. The van der Waals surface area contributed by atoms with Crippen LogP contribution >= 0.6 is 27.7 Å².